The van der Waals surface area contributed by atoms with E-state index in [2.05, 4.69) is 40.9 Å². The summed E-state index contributed by atoms with van der Waals surface area (Å²) in [6.07, 6.45) is 15.2. The van der Waals surface area contributed by atoms with Gasteiger partial charge in [0.1, 0.15) is 0 Å². The third-order valence-electron chi connectivity index (χ3n) is 3.06. The van der Waals surface area contributed by atoms with E-state index >= 15 is 0 Å². The van der Waals surface area contributed by atoms with Gasteiger partial charge in [-0.05, 0) is 17.9 Å². The van der Waals surface area contributed by atoms with E-state index in [1.165, 1.54) is 50.5 Å². The Balaban J connectivity index is 0. The van der Waals surface area contributed by atoms with E-state index in [1.54, 1.807) is 0 Å². The number of allylic oxidation sites excluding steroid dienone is 4. The molecule has 106 valence electrons. The first-order valence-electron chi connectivity index (χ1n) is 7.62. The van der Waals surface area contributed by atoms with Crippen molar-refractivity contribution in [1.29, 1.82) is 0 Å². The molecular formula is C18H34. The zero-order valence-corrected chi connectivity index (χ0v) is 13.2. The van der Waals surface area contributed by atoms with E-state index in [-0.39, 0.29) is 0 Å². The molecule has 18 heavy (non-hydrogen) atoms. The van der Waals surface area contributed by atoms with Crippen LogP contribution in [0.25, 0.3) is 0 Å². The third kappa shape index (κ3) is 13.3. The van der Waals surface area contributed by atoms with Crippen molar-refractivity contribution in [2.45, 2.75) is 72.6 Å². The van der Waals surface area contributed by atoms with Gasteiger partial charge in [0.05, 0.1) is 0 Å². The van der Waals surface area contributed by atoms with Crippen LogP contribution < -0.4 is 0 Å². The predicted octanol–water partition coefficient (Wildman–Crippen LogP) is 6.70. The zero-order chi connectivity index (χ0) is 14.2. The van der Waals surface area contributed by atoms with E-state index in [4.69, 9.17) is 0 Å². The molecule has 1 unspecified atom stereocenters. The van der Waals surface area contributed by atoms with Crippen molar-refractivity contribution in [3.05, 3.63) is 37.0 Å². The van der Waals surface area contributed by atoms with Gasteiger partial charge >= 0.3 is 0 Å². The van der Waals surface area contributed by atoms with Crippen LogP contribution in [0, 0.1) is 5.92 Å². The summed E-state index contributed by atoms with van der Waals surface area (Å²) < 4.78 is 0. The van der Waals surface area contributed by atoms with E-state index in [0.717, 1.165) is 0 Å². The Morgan fingerprint density at radius 1 is 0.944 bits per heavy atom. The van der Waals surface area contributed by atoms with Gasteiger partial charge in [-0.3, -0.25) is 0 Å². The molecule has 1 atom stereocenters. The maximum Gasteiger partial charge on any atom is -0.0191 e. The second-order valence-corrected chi connectivity index (χ2v) is 4.86. The van der Waals surface area contributed by atoms with Crippen LogP contribution in [0.4, 0.5) is 0 Å². The van der Waals surface area contributed by atoms with Crippen molar-refractivity contribution in [2.75, 3.05) is 0 Å². The summed E-state index contributed by atoms with van der Waals surface area (Å²) in [5.41, 5.74) is 1.30. The number of rotatable bonds is 9. The van der Waals surface area contributed by atoms with Crippen molar-refractivity contribution < 1.29 is 0 Å². The smallest absolute Gasteiger partial charge is 0.0191 e. The van der Waals surface area contributed by atoms with Gasteiger partial charge in [-0.1, -0.05) is 97.6 Å². The summed E-state index contributed by atoms with van der Waals surface area (Å²) in [6.45, 7) is 16.4. The second-order valence-electron chi connectivity index (χ2n) is 4.86. The summed E-state index contributed by atoms with van der Waals surface area (Å²) >= 11 is 0. The fraction of sp³-hybridized carbons (Fsp3) is 0.667. The topological polar surface area (TPSA) is 0 Å². The fourth-order valence-corrected chi connectivity index (χ4v) is 1.75. The zero-order valence-electron chi connectivity index (χ0n) is 13.2. The molecule has 0 aliphatic rings. The Hall–Kier alpha value is -0.780. The van der Waals surface area contributed by atoms with Gasteiger partial charge in [-0.25, -0.2) is 0 Å². The molecular weight excluding hydrogens is 216 g/mol. The van der Waals surface area contributed by atoms with Gasteiger partial charge in [0.15, 0.2) is 0 Å². The summed E-state index contributed by atoms with van der Waals surface area (Å²) in [5, 5.41) is 0. The number of unbranched alkanes of at least 4 members (excludes halogenated alkanes) is 4. The second kappa shape index (κ2) is 16.2. The van der Waals surface area contributed by atoms with Crippen molar-refractivity contribution in [1.82, 2.24) is 0 Å². The standard InChI is InChI=1S/C12H20.C6H14/c1-5-8-10-11(4)12(7-3)9-6-2;1-3-5-6-4-2/h6-7,9,11H,2-3,5,8,10H2,1,4H3;3-6H2,1-2H3/b12-9+;. The predicted molar refractivity (Wildman–Crippen MR) is 87.0 cm³/mol. The lowest BCUT2D eigenvalue weighted by molar-refractivity contribution is 0.581. The largest absolute Gasteiger partial charge is 0.0991 e. The van der Waals surface area contributed by atoms with Gasteiger partial charge < -0.3 is 0 Å². The molecule has 0 heteroatoms. The first kappa shape index (κ1) is 19.6. The molecule has 0 saturated heterocycles. The lowest BCUT2D eigenvalue weighted by atomic mass is 9.95. The molecule has 0 N–H and O–H groups in total. The Kier molecular flexibility index (Phi) is 17.6. The highest BCUT2D eigenvalue weighted by Gasteiger charge is 2.03. The van der Waals surface area contributed by atoms with Gasteiger partial charge in [-0.15, -0.1) is 0 Å². The highest BCUT2D eigenvalue weighted by atomic mass is 14.1. The van der Waals surface area contributed by atoms with Crippen molar-refractivity contribution in [2.24, 2.45) is 5.92 Å². The molecule has 0 nitrogen and oxygen atoms in total. The SMILES string of the molecule is C=C/C=C(\C=C)C(C)CCCC.CCCCCC. The summed E-state index contributed by atoms with van der Waals surface area (Å²) in [5.74, 6) is 0.625. The van der Waals surface area contributed by atoms with Crippen molar-refractivity contribution in [3.8, 4) is 0 Å². The van der Waals surface area contributed by atoms with Gasteiger partial charge in [-0.2, -0.15) is 0 Å². The first-order chi connectivity index (χ1) is 8.67. The quantitative estimate of drug-likeness (QED) is 0.315. The lowest BCUT2D eigenvalue weighted by Crippen LogP contribution is -1.96. The van der Waals surface area contributed by atoms with Crippen LogP contribution in [0.5, 0.6) is 0 Å². The maximum absolute atomic E-state index is 3.79. The van der Waals surface area contributed by atoms with E-state index in [0.29, 0.717) is 5.92 Å². The van der Waals surface area contributed by atoms with E-state index in [9.17, 15) is 0 Å². The molecule has 0 radical (unpaired) electrons. The minimum Gasteiger partial charge on any atom is -0.0991 e. The molecule has 0 amide bonds. The molecule has 0 aromatic rings. The Bertz CT molecular complexity index is 206. The highest BCUT2D eigenvalue weighted by Crippen LogP contribution is 2.18. The van der Waals surface area contributed by atoms with Crippen LogP contribution in [-0.2, 0) is 0 Å². The van der Waals surface area contributed by atoms with E-state index < -0.39 is 0 Å². The number of hydrogen-bond donors (Lipinski definition) is 0. The summed E-state index contributed by atoms with van der Waals surface area (Å²) in [6, 6.07) is 0. The molecule has 0 saturated carbocycles. The molecule has 0 spiro atoms. The van der Waals surface area contributed by atoms with Crippen LogP contribution in [0.1, 0.15) is 72.6 Å². The van der Waals surface area contributed by atoms with Gasteiger partial charge in [0.25, 0.3) is 0 Å². The highest BCUT2D eigenvalue weighted by molar-refractivity contribution is 5.23. The number of hydrogen-bond acceptors (Lipinski definition) is 0. The fourth-order valence-electron chi connectivity index (χ4n) is 1.75. The molecule has 0 aromatic heterocycles. The maximum atomic E-state index is 3.79. The monoisotopic (exact) mass is 250 g/mol. The summed E-state index contributed by atoms with van der Waals surface area (Å²) in [4.78, 5) is 0. The third-order valence-corrected chi connectivity index (χ3v) is 3.06. The average Bonchev–Trinajstić information content (AvgIpc) is 2.40. The van der Waals surface area contributed by atoms with Crippen LogP contribution in [-0.4, -0.2) is 0 Å². The average molecular weight is 250 g/mol. The van der Waals surface area contributed by atoms with E-state index in [1.807, 2.05) is 18.2 Å². The molecule has 0 aliphatic heterocycles. The van der Waals surface area contributed by atoms with Crippen molar-refractivity contribution in [3.63, 3.8) is 0 Å². The molecule has 0 bridgehead atoms. The molecule has 0 aromatic carbocycles. The lowest BCUT2D eigenvalue weighted by Gasteiger charge is -2.10. The van der Waals surface area contributed by atoms with Gasteiger partial charge in [0, 0.05) is 0 Å². The minimum atomic E-state index is 0.625. The Labute approximate surface area is 116 Å². The van der Waals surface area contributed by atoms with Crippen LogP contribution in [0.2, 0.25) is 0 Å². The van der Waals surface area contributed by atoms with Crippen LogP contribution >= 0.6 is 0 Å². The molecule has 0 aliphatic carbocycles. The first-order valence-corrected chi connectivity index (χ1v) is 7.62. The molecule has 0 heterocycles. The Morgan fingerprint density at radius 2 is 1.44 bits per heavy atom. The van der Waals surface area contributed by atoms with Crippen LogP contribution in [0.15, 0.2) is 37.0 Å². The minimum absolute atomic E-state index is 0.625. The van der Waals surface area contributed by atoms with Crippen molar-refractivity contribution >= 4 is 0 Å². The Morgan fingerprint density at radius 3 is 1.78 bits per heavy atom. The molecule has 0 fully saturated rings. The molecule has 0 rings (SSSR count). The normalized spacial score (nSPS) is 12.3. The van der Waals surface area contributed by atoms with Crippen LogP contribution in [0.3, 0.4) is 0 Å². The van der Waals surface area contributed by atoms with Gasteiger partial charge in [0.2, 0.25) is 0 Å². The summed E-state index contributed by atoms with van der Waals surface area (Å²) in [7, 11) is 0.